The smallest absolute Gasteiger partial charge is 0.242 e. The monoisotopic (exact) mass is 498 g/mol. The van der Waals surface area contributed by atoms with Crippen molar-refractivity contribution in [2.45, 2.75) is 51.4 Å². The van der Waals surface area contributed by atoms with Gasteiger partial charge in [0.2, 0.25) is 11.8 Å². The summed E-state index contributed by atoms with van der Waals surface area (Å²) in [6.07, 6.45) is 2.30. The Kier molecular flexibility index (Phi) is 11.4. The Morgan fingerprint density at radius 3 is 2.53 bits per heavy atom. The number of hydrogen-bond donors (Lipinski definition) is 1. The fraction of sp³-hybridized carbons (Fsp3) is 0.417. The topological polar surface area (TPSA) is 49.4 Å². The lowest BCUT2D eigenvalue weighted by Gasteiger charge is -2.31. The van der Waals surface area contributed by atoms with Gasteiger partial charge in [-0.1, -0.05) is 67.7 Å². The number of carbonyl (C=O) groups excluding carboxylic acids is 2. The third-order valence-electron chi connectivity index (χ3n) is 5.01. The minimum absolute atomic E-state index is 0.123. The fourth-order valence-electron chi connectivity index (χ4n) is 3.21. The van der Waals surface area contributed by atoms with E-state index < -0.39 is 6.04 Å². The minimum atomic E-state index is -0.625. The number of halogens is 3. The Labute approximate surface area is 203 Å². The summed E-state index contributed by atoms with van der Waals surface area (Å²) in [6, 6.07) is 11.0. The highest BCUT2D eigenvalue weighted by Crippen LogP contribution is 2.24. The predicted molar refractivity (Wildman–Crippen MR) is 132 cm³/mol. The molecule has 0 heterocycles. The van der Waals surface area contributed by atoms with Gasteiger partial charge in [0.1, 0.15) is 11.9 Å². The van der Waals surface area contributed by atoms with Gasteiger partial charge in [-0.05, 0) is 42.2 Å². The molecule has 0 saturated carbocycles. The van der Waals surface area contributed by atoms with E-state index >= 15 is 0 Å². The average molecular weight is 499 g/mol. The van der Waals surface area contributed by atoms with Crippen molar-refractivity contribution in [2.24, 2.45) is 0 Å². The molecule has 2 amide bonds. The summed E-state index contributed by atoms with van der Waals surface area (Å²) in [6.45, 7) is 4.68. The van der Waals surface area contributed by atoms with Crippen molar-refractivity contribution >= 4 is 46.8 Å². The van der Waals surface area contributed by atoms with Crippen LogP contribution in [0, 0.1) is 5.82 Å². The minimum Gasteiger partial charge on any atom is -0.354 e. The molecule has 1 N–H and O–H groups in total. The first-order valence-corrected chi connectivity index (χ1v) is 12.6. The quantitative estimate of drug-likeness (QED) is 0.360. The van der Waals surface area contributed by atoms with E-state index in [4.69, 9.17) is 23.2 Å². The summed E-state index contributed by atoms with van der Waals surface area (Å²) < 4.78 is 13.9. The Bertz CT molecular complexity index is 913. The largest absolute Gasteiger partial charge is 0.354 e. The second kappa shape index (κ2) is 13.7. The van der Waals surface area contributed by atoms with Gasteiger partial charge in [-0.2, -0.15) is 0 Å². The zero-order chi connectivity index (χ0) is 23.5. The average Bonchev–Trinajstić information content (AvgIpc) is 2.76. The number of nitrogens with zero attached hydrogens (tertiary/aromatic N) is 1. The highest BCUT2D eigenvalue weighted by Gasteiger charge is 2.29. The van der Waals surface area contributed by atoms with Crippen molar-refractivity contribution in [3.05, 3.63) is 69.5 Å². The Morgan fingerprint density at radius 1 is 1.12 bits per heavy atom. The maximum atomic E-state index is 13.9. The summed E-state index contributed by atoms with van der Waals surface area (Å²) in [7, 11) is 0. The lowest BCUT2D eigenvalue weighted by Crippen LogP contribution is -2.49. The first-order chi connectivity index (χ1) is 15.4. The molecule has 0 unspecified atom stereocenters. The van der Waals surface area contributed by atoms with Gasteiger partial charge in [0.25, 0.3) is 0 Å². The van der Waals surface area contributed by atoms with E-state index in [9.17, 15) is 14.0 Å². The summed E-state index contributed by atoms with van der Waals surface area (Å²) in [5, 5.41) is 3.87. The van der Waals surface area contributed by atoms with Crippen molar-refractivity contribution in [1.29, 1.82) is 0 Å². The van der Waals surface area contributed by atoms with Crippen LogP contribution >= 0.6 is 35.0 Å². The van der Waals surface area contributed by atoms with E-state index in [0.717, 1.165) is 12.8 Å². The second-order valence-electron chi connectivity index (χ2n) is 7.41. The molecule has 0 aromatic heterocycles. The van der Waals surface area contributed by atoms with Crippen molar-refractivity contribution in [1.82, 2.24) is 10.2 Å². The number of unbranched alkanes of at least 4 members (excludes halogenated alkanes) is 1. The molecule has 0 spiro atoms. The summed E-state index contributed by atoms with van der Waals surface area (Å²) in [5.74, 6) is -0.182. The molecular weight excluding hydrogens is 470 g/mol. The van der Waals surface area contributed by atoms with Gasteiger partial charge in [-0.15, -0.1) is 11.8 Å². The Balaban J connectivity index is 2.16. The highest BCUT2D eigenvalue weighted by atomic mass is 35.5. The van der Waals surface area contributed by atoms with Gasteiger partial charge >= 0.3 is 0 Å². The van der Waals surface area contributed by atoms with E-state index in [1.165, 1.54) is 17.8 Å². The van der Waals surface area contributed by atoms with Crippen LogP contribution in [0.3, 0.4) is 0 Å². The summed E-state index contributed by atoms with van der Waals surface area (Å²) in [4.78, 5) is 27.6. The van der Waals surface area contributed by atoms with Gasteiger partial charge in [0.05, 0.1) is 5.75 Å². The van der Waals surface area contributed by atoms with E-state index in [0.29, 0.717) is 39.9 Å². The molecular formula is C24H29Cl2FN2O2S. The molecule has 174 valence electrons. The molecule has 8 heteroatoms. The zero-order valence-corrected chi connectivity index (χ0v) is 20.7. The number of amides is 2. The number of benzene rings is 2. The molecule has 2 rings (SSSR count). The van der Waals surface area contributed by atoms with Crippen molar-refractivity contribution in [3.8, 4) is 0 Å². The van der Waals surface area contributed by atoms with Crippen LogP contribution in [0.2, 0.25) is 10.0 Å². The fourth-order valence-corrected chi connectivity index (χ4v) is 4.57. The highest BCUT2D eigenvalue weighted by molar-refractivity contribution is 7.99. The van der Waals surface area contributed by atoms with Crippen LogP contribution in [0.5, 0.6) is 0 Å². The van der Waals surface area contributed by atoms with Crippen LogP contribution in [-0.2, 0) is 21.9 Å². The molecule has 0 aliphatic rings. The molecule has 0 bridgehead atoms. The van der Waals surface area contributed by atoms with E-state index in [-0.39, 0.29) is 29.9 Å². The van der Waals surface area contributed by atoms with Crippen LogP contribution in [0.25, 0.3) is 0 Å². The molecule has 2 aromatic carbocycles. The van der Waals surface area contributed by atoms with Crippen molar-refractivity contribution < 1.29 is 14.0 Å². The third kappa shape index (κ3) is 7.98. The number of carbonyl (C=O) groups is 2. The van der Waals surface area contributed by atoms with Crippen molar-refractivity contribution in [3.63, 3.8) is 0 Å². The van der Waals surface area contributed by atoms with Crippen LogP contribution in [0.15, 0.2) is 42.5 Å². The molecule has 0 fully saturated rings. The first kappa shape index (κ1) is 26.5. The predicted octanol–water partition coefficient (Wildman–Crippen LogP) is 6.09. The Morgan fingerprint density at radius 2 is 1.88 bits per heavy atom. The lowest BCUT2D eigenvalue weighted by atomic mass is 10.1. The van der Waals surface area contributed by atoms with Crippen LogP contribution in [0.4, 0.5) is 4.39 Å². The zero-order valence-electron chi connectivity index (χ0n) is 18.4. The second-order valence-corrected chi connectivity index (χ2v) is 9.24. The summed E-state index contributed by atoms with van der Waals surface area (Å²) >= 11 is 13.7. The van der Waals surface area contributed by atoms with Gasteiger partial charge in [-0.25, -0.2) is 4.39 Å². The molecule has 4 nitrogen and oxygen atoms in total. The lowest BCUT2D eigenvalue weighted by molar-refractivity contribution is -0.139. The number of hydrogen-bond acceptors (Lipinski definition) is 3. The molecule has 1 atom stereocenters. The molecule has 0 aliphatic heterocycles. The van der Waals surface area contributed by atoms with Crippen LogP contribution in [-0.4, -0.2) is 35.1 Å². The maximum absolute atomic E-state index is 13.9. The summed E-state index contributed by atoms with van der Waals surface area (Å²) in [5.41, 5.74) is 1.25. The van der Waals surface area contributed by atoms with Gasteiger partial charge in [0.15, 0.2) is 0 Å². The normalized spacial score (nSPS) is 11.8. The molecule has 0 aliphatic carbocycles. The Hall–Kier alpha value is -1.76. The maximum Gasteiger partial charge on any atom is 0.242 e. The van der Waals surface area contributed by atoms with Crippen molar-refractivity contribution in [2.75, 3.05) is 12.3 Å². The molecule has 32 heavy (non-hydrogen) atoms. The number of thioether (sulfide) groups is 1. The van der Waals surface area contributed by atoms with Gasteiger partial charge in [0, 0.05) is 28.9 Å². The van der Waals surface area contributed by atoms with Crippen LogP contribution in [0.1, 0.15) is 44.2 Å². The van der Waals surface area contributed by atoms with E-state index in [2.05, 4.69) is 12.2 Å². The molecule has 2 aromatic rings. The standard InChI is InChI=1S/C24H29Cl2FN2O2S/c1-3-5-12-28-24(31)22(4-2)29(14-17-10-11-19(25)13-20(17)26)23(30)16-32-15-18-8-6-7-9-21(18)27/h6-11,13,22H,3-5,12,14-16H2,1-2H3,(H,28,31)/t22-/m1/s1. The number of nitrogens with one attached hydrogen (secondary N) is 1. The third-order valence-corrected chi connectivity index (χ3v) is 6.57. The first-order valence-electron chi connectivity index (χ1n) is 10.7. The SMILES string of the molecule is CCCCNC(=O)[C@@H](CC)N(Cc1ccc(Cl)cc1Cl)C(=O)CSCc1ccccc1F. The van der Waals surface area contributed by atoms with Crippen LogP contribution < -0.4 is 5.32 Å². The van der Waals surface area contributed by atoms with E-state index in [1.54, 1.807) is 41.3 Å². The van der Waals surface area contributed by atoms with Gasteiger partial charge in [-0.3, -0.25) is 9.59 Å². The molecule has 0 saturated heterocycles. The molecule has 0 radical (unpaired) electrons. The van der Waals surface area contributed by atoms with E-state index in [1.807, 2.05) is 6.92 Å². The van der Waals surface area contributed by atoms with Gasteiger partial charge < -0.3 is 10.2 Å². The number of rotatable bonds is 12.